The fourth-order valence-electron chi connectivity index (χ4n) is 2.63. The van der Waals surface area contributed by atoms with Crippen LogP contribution in [0.25, 0.3) is 5.65 Å². The highest BCUT2D eigenvalue weighted by molar-refractivity contribution is 6.44. The molecule has 1 amide bonds. The van der Waals surface area contributed by atoms with Crippen molar-refractivity contribution in [3.63, 3.8) is 0 Å². The van der Waals surface area contributed by atoms with E-state index in [4.69, 9.17) is 27.9 Å². The summed E-state index contributed by atoms with van der Waals surface area (Å²) >= 11 is 12.2. The maximum atomic E-state index is 12.9. The van der Waals surface area contributed by atoms with Crippen molar-refractivity contribution in [1.29, 1.82) is 0 Å². The summed E-state index contributed by atoms with van der Waals surface area (Å²) in [5, 5.41) is 3.50. The molecule has 0 spiro atoms. The number of hydrogen-bond acceptors (Lipinski definition) is 3. The Labute approximate surface area is 155 Å². The van der Waals surface area contributed by atoms with E-state index >= 15 is 0 Å². The topological polar surface area (TPSA) is 55.6 Å². The first-order chi connectivity index (χ1) is 12.1. The molecule has 0 radical (unpaired) electrons. The van der Waals surface area contributed by atoms with Crippen LogP contribution in [-0.2, 0) is 6.42 Å². The first kappa shape index (κ1) is 17.6. The number of fused-ring (bicyclic) bond motifs is 1. The minimum absolute atomic E-state index is 0.304. The van der Waals surface area contributed by atoms with Crippen LogP contribution in [0.5, 0.6) is 5.75 Å². The van der Waals surface area contributed by atoms with Gasteiger partial charge >= 0.3 is 0 Å². The van der Waals surface area contributed by atoms with Crippen molar-refractivity contribution in [1.82, 2.24) is 9.38 Å². The third kappa shape index (κ3) is 3.30. The number of aromatic nitrogens is 2. The Kier molecular flexibility index (Phi) is 5.16. The molecule has 5 nitrogen and oxygen atoms in total. The van der Waals surface area contributed by atoms with Crippen molar-refractivity contribution in [2.24, 2.45) is 0 Å². The Bertz CT molecular complexity index is 937. The number of benzene rings is 1. The van der Waals surface area contributed by atoms with Crippen LogP contribution in [0.2, 0.25) is 10.0 Å². The van der Waals surface area contributed by atoms with E-state index in [9.17, 15) is 4.79 Å². The highest BCUT2D eigenvalue weighted by Crippen LogP contribution is 2.30. The number of hydrogen-bond donors (Lipinski definition) is 1. The monoisotopic (exact) mass is 377 g/mol. The van der Waals surface area contributed by atoms with Crippen LogP contribution < -0.4 is 10.1 Å². The second kappa shape index (κ2) is 7.33. The molecular formula is C18H17Cl2N3O2. The van der Waals surface area contributed by atoms with Gasteiger partial charge in [-0.15, -0.1) is 0 Å². The summed E-state index contributed by atoms with van der Waals surface area (Å²) in [6, 6.07) is 8.75. The normalized spacial score (nSPS) is 10.9. The fourth-order valence-corrected chi connectivity index (χ4v) is 2.97. The van der Waals surface area contributed by atoms with E-state index in [2.05, 4.69) is 10.3 Å². The quantitative estimate of drug-likeness (QED) is 0.690. The van der Waals surface area contributed by atoms with E-state index < -0.39 is 0 Å². The number of aryl methyl sites for hydroxylation is 1. The average Bonchev–Trinajstić information content (AvgIpc) is 2.99. The van der Waals surface area contributed by atoms with E-state index in [0.29, 0.717) is 51.5 Å². The molecule has 130 valence electrons. The molecule has 1 N–H and O–H groups in total. The molecular weight excluding hydrogens is 361 g/mol. The largest absolute Gasteiger partial charge is 0.490 e. The summed E-state index contributed by atoms with van der Waals surface area (Å²) in [7, 11) is 0. The summed E-state index contributed by atoms with van der Waals surface area (Å²) in [6.07, 6.45) is 2.40. The molecule has 0 aliphatic rings. The lowest BCUT2D eigenvalue weighted by molar-refractivity contribution is 0.102. The van der Waals surface area contributed by atoms with Gasteiger partial charge in [-0.2, -0.15) is 0 Å². The summed E-state index contributed by atoms with van der Waals surface area (Å²) in [4.78, 5) is 17.5. The molecule has 0 bridgehead atoms. The number of nitrogens with one attached hydrogen (secondary N) is 1. The number of ether oxygens (including phenoxy) is 1. The lowest BCUT2D eigenvalue weighted by atomic mass is 10.2. The van der Waals surface area contributed by atoms with Gasteiger partial charge in [-0.25, -0.2) is 4.98 Å². The minimum atomic E-state index is -0.304. The Morgan fingerprint density at radius 3 is 2.76 bits per heavy atom. The summed E-state index contributed by atoms with van der Waals surface area (Å²) < 4.78 is 7.34. The second-order valence-electron chi connectivity index (χ2n) is 5.32. The van der Waals surface area contributed by atoms with Crippen molar-refractivity contribution in [3.05, 3.63) is 58.0 Å². The van der Waals surface area contributed by atoms with E-state index in [0.717, 1.165) is 0 Å². The molecule has 0 unspecified atom stereocenters. The van der Waals surface area contributed by atoms with Gasteiger partial charge in [0, 0.05) is 6.20 Å². The number of imidazole rings is 1. The molecule has 25 heavy (non-hydrogen) atoms. The first-order valence-electron chi connectivity index (χ1n) is 7.94. The molecule has 7 heteroatoms. The number of anilines is 1. The maximum absolute atomic E-state index is 12.9. The van der Waals surface area contributed by atoms with Gasteiger partial charge in [0.1, 0.15) is 5.69 Å². The number of amides is 1. The van der Waals surface area contributed by atoms with Crippen LogP contribution in [0.1, 0.15) is 30.0 Å². The Morgan fingerprint density at radius 1 is 1.24 bits per heavy atom. The predicted octanol–water partition coefficient (Wildman–Crippen LogP) is 4.85. The molecule has 0 saturated carbocycles. The highest BCUT2D eigenvalue weighted by Gasteiger charge is 2.21. The third-order valence-electron chi connectivity index (χ3n) is 3.74. The van der Waals surface area contributed by atoms with Crippen LogP contribution in [-0.4, -0.2) is 21.9 Å². The minimum Gasteiger partial charge on any atom is -0.490 e. The van der Waals surface area contributed by atoms with Crippen LogP contribution in [0.4, 0.5) is 5.69 Å². The van der Waals surface area contributed by atoms with Crippen molar-refractivity contribution >= 4 is 40.4 Å². The zero-order chi connectivity index (χ0) is 18.0. The lowest BCUT2D eigenvalue weighted by Gasteiger charge is -2.09. The zero-order valence-electron chi connectivity index (χ0n) is 13.8. The SMILES string of the molecule is CCOc1cccn2c(C(=O)Nc3cccc(Cl)c3Cl)c(CC)nc12. The van der Waals surface area contributed by atoms with Crippen molar-refractivity contribution in [2.75, 3.05) is 11.9 Å². The zero-order valence-corrected chi connectivity index (χ0v) is 15.4. The van der Waals surface area contributed by atoms with Gasteiger partial charge in [0.15, 0.2) is 11.4 Å². The summed E-state index contributed by atoms with van der Waals surface area (Å²) in [5.74, 6) is 0.335. The van der Waals surface area contributed by atoms with Gasteiger partial charge in [0.05, 0.1) is 28.0 Å². The molecule has 3 aromatic rings. The molecule has 2 heterocycles. The number of nitrogens with zero attached hydrogens (tertiary/aromatic N) is 2. The molecule has 0 atom stereocenters. The molecule has 0 fully saturated rings. The molecule has 3 rings (SSSR count). The smallest absolute Gasteiger partial charge is 0.274 e. The molecule has 0 aliphatic heterocycles. The van der Waals surface area contributed by atoms with E-state index in [1.54, 1.807) is 28.8 Å². The fraction of sp³-hybridized carbons (Fsp3) is 0.222. The third-order valence-corrected chi connectivity index (χ3v) is 4.55. The number of carbonyl (C=O) groups excluding carboxylic acids is 1. The number of halogens is 2. The van der Waals surface area contributed by atoms with E-state index in [1.165, 1.54) is 0 Å². The van der Waals surface area contributed by atoms with Gasteiger partial charge < -0.3 is 10.1 Å². The highest BCUT2D eigenvalue weighted by atomic mass is 35.5. The Morgan fingerprint density at radius 2 is 2.04 bits per heavy atom. The van der Waals surface area contributed by atoms with Gasteiger partial charge in [0.25, 0.3) is 5.91 Å². The van der Waals surface area contributed by atoms with E-state index in [-0.39, 0.29) is 5.91 Å². The van der Waals surface area contributed by atoms with E-state index in [1.807, 2.05) is 26.0 Å². The van der Waals surface area contributed by atoms with Crippen molar-refractivity contribution in [2.45, 2.75) is 20.3 Å². The van der Waals surface area contributed by atoms with Gasteiger partial charge in [-0.05, 0) is 37.6 Å². The Hall–Kier alpha value is -2.24. The standard InChI is InChI=1S/C18H17Cl2N3O2/c1-3-12-16(18(24)22-13-8-5-7-11(19)15(13)20)23-10-6-9-14(25-4-2)17(23)21-12/h5-10H,3-4H2,1-2H3,(H,22,24). The van der Waals surface area contributed by atoms with Crippen LogP contribution in [0.3, 0.4) is 0 Å². The second-order valence-corrected chi connectivity index (χ2v) is 6.10. The average molecular weight is 378 g/mol. The van der Waals surface area contributed by atoms with Gasteiger partial charge in [-0.1, -0.05) is 36.2 Å². The lowest BCUT2D eigenvalue weighted by Crippen LogP contribution is -2.16. The molecule has 0 aliphatic carbocycles. The molecule has 2 aromatic heterocycles. The number of carbonyl (C=O) groups is 1. The summed E-state index contributed by atoms with van der Waals surface area (Å²) in [5.41, 5.74) is 2.21. The number of rotatable bonds is 5. The van der Waals surface area contributed by atoms with Crippen LogP contribution in [0, 0.1) is 0 Å². The maximum Gasteiger partial charge on any atom is 0.274 e. The van der Waals surface area contributed by atoms with Crippen molar-refractivity contribution < 1.29 is 9.53 Å². The Balaban J connectivity index is 2.06. The number of pyridine rings is 1. The van der Waals surface area contributed by atoms with Crippen LogP contribution in [0.15, 0.2) is 36.5 Å². The van der Waals surface area contributed by atoms with Gasteiger partial charge in [0.2, 0.25) is 0 Å². The molecule has 1 aromatic carbocycles. The first-order valence-corrected chi connectivity index (χ1v) is 8.70. The van der Waals surface area contributed by atoms with Crippen LogP contribution >= 0.6 is 23.2 Å². The van der Waals surface area contributed by atoms with Gasteiger partial charge in [-0.3, -0.25) is 9.20 Å². The molecule has 0 saturated heterocycles. The van der Waals surface area contributed by atoms with Crippen molar-refractivity contribution in [3.8, 4) is 5.75 Å². The predicted molar refractivity (Wildman–Crippen MR) is 100 cm³/mol. The summed E-state index contributed by atoms with van der Waals surface area (Å²) in [6.45, 7) is 4.38.